The summed E-state index contributed by atoms with van der Waals surface area (Å²) in [6, 6.07) is 7.28. The van der Waals surface area contributed by atoms with Crippen LogP contribution in [0.3, 0.4) is 0 Å². The number of carbonyl (C=O) groups excluding carboxylic acids is 2. The third-order valence-corrected chi connectivity index (χ3v) is 3.40. The van der Waals surface area contributed by atoms with Crippen LogP contribution < -0.4 is 0 Å². The Hall–Kier alpha value is -1.81. The summed E-state index contributed by atoms with van der Waals surface area (Å²) in [4.78, 5) is 27.2. The molecular weight excluding hydrogens is 276 g/mol. The first-order valence-corrected chi connectivity index (χ1v) is 6.82. The lowest BCUT2D eigenvalue weighted by Crippen LogP contribution is -2.54. The van der Waals surface area contributed by atoms with Gasteiger partial charge in [0.25, 0.3) is 0 Å². The summed E-state index contributed by atoms with van der Waals surface area (Å²) in [5, 5.41) is 0.655. The van der Waals surface area contributed by atoms with Gasteiger partial charge in [0, 0.05) is 31.2 Å². The monoisotopic (exact) mass is 292 g/mol. The first-order valence-electron chi connectivity index (χ1n) is 6.44. The largest absolute Gasteiger partial charge is 0.329 e. The molecule has 0 radical (unpaired) electrons. The van der Waals surface area contributed by atoms with Crippen molar-refractivity contribution in [1.29, 1.82) is 0 Å². The van der Waals surface area contributed by atoms with Crippen molar-refractivity contribution in [2.75, 3.05) is 19.6 Å². The lowest BCUT2D eigenvalue weighted by molar-refractivity contribution is -0.156. The lowest BCUT2D eigenvalue weighted by atomic mass is 10.2. The third kappa shape index (κ3) is 3.39. The normalized spacial score (nSPS) is 15.7. The molecule has 1 aromatic carbocycles. The van der Waals surface area contributed by atoms with E-state index in [1.807, 2.05) is 19.1 Å². The number of halogens is 1. The van der Waals surface area contributed by atoms with E-state index in [9.17, 15) is 9.59 Å². The molecule has 0 spiro atoms. The molecule has 1 saturated heterocycles. The van der Waals surface area contributed by atoms with Crippen molar-refractivity contribution >= 4 is 23.4 Å². The average Bonchev–Trinajstić information content (AvgIpc) is 2.40. The van der Waals surface area contributed by atoms with E-state index in [-0.39, 0.29) is 0 Å². The van der Waals surface area contributed by atoms with Crippen LogP contribution in [0, 0.1) is 0 Å². The number of amides is 2. The Morgan fingerprint density at radius 3 is 2.30 bits per heavy atom. The molecule has 1 fully saturated rings. The molecule has 2 rings (SSSR count). The number of hydrogen-bond donors (Lipinski definition) is 0. The summed E-state index contributed by atoms with van der Waals surface area (Å²) < 4.78 is 0. The molecule has 4 nitrogen and oxygen atoms in total. The SMILES string of the molecule is C=C(C)CN1CCN(Cc2ccc(Cl)cc2)C(=O)C1=O. The number of nitrogens with zero attached hydrogens (tertiary/aromatic N) is 2. The zero-order valence-corrected chi connectivity index (χ0v) is 12.2. The lowest BCUT2D eigenvalue weighted by Gasteiger charge is -2.33. The van der Waals surface area contributed by atoms with E-state index in [1.54, 1.807) is 21.9 Å². The maximum atomic E-state index is 12.1. The molecule has 2 amide bonds. The molecule has 0 aliphatic carbocycles. The summed E-state index contributed by atoms with van der Waals surface area (Å²) in [5.41, 5.74) is 1.83. The van der Waals surface area contributed by atoms with Gasteiger partial charge in [0.1, 0.15) is 0 Å². The van der Waals surface area contributed by atoms with Crippen molar-refractivity contribution < 1.29 is 9.59 Å². The molecule has 20 heavy (non-hydrogen) atoms. The van der Waals surface area contributed by atoms with Crippen molar-refractivity contribution in [2.45, 2.75) is 13.5 Å². The Balaban J connectivity index is 2.02. The molecule has 0 N–H and O–H groups in total. The van der Waals surface area contributed by atoms with E-state index in [4.69, 9.17) is 11.6 Å². The predicted molar refractivity (Wildman–Crippen MR) is 78.3 cm³/mol. The fraction of sp³-hybridized carbons (Fsp3) is 0.333. The molecule has 0 aromatic heterocycles. The van der Waals surface area contributed by atoms with Crippen LogP contribution in [-0.2, 0) is 16.1 Å². The number of benzene rings is 1. The molecule has 1 aliphatic rings. The molecular formula is C15H17ClN2O2. The standard InChI is InChI=1S/C15H17ClN2O2/c1-11(2)9-17-7-8-18(15(20)14(17)19)10-12-3-5-13(16)6-4-12/h3-6H,1,7-10H2,2H3. The van der Waals surface area contributed by atoms with E-state index in [2.05, 4.69) is 6.58 Å². The van der Waals surface area contributed by atoms with Gasteiger partial charge in [0.15, 0.2) is 0 Å². The summed E-state index contributed by atoms with van der Waals surface area (Å²) in [7, 11) is 0. The van der Waals surface area contributed by atoms with Crippen molar-refractivity contribution in [3.8, 4) is 0 Å². The Morgan fingerprint density at radius 1 is 1.15 bits per heavy atom. The molecule has 1 aliphatic heterocycles. The highest BCUT2D eigenvalue weighted by Crippen LogP contribution is 2.14. The Kier molecular flexibility index (Phi) is 4.45. The first-order chi connectivity index (χ1) is 9.47. The minimum absolute atomic E-state index is 0.433. The highest BCUT2D eigenvalue weighted by Gasteiger charge is 2.32. The Labute approximate surface area is 123 Å². The molecule has 1 heterocycles. The molecule has 0 saturated carbocycles. The topological polar surface area (TPSA) is 40.6 Å². The zero-order valence-electron chi connectivity index (χ0n) is 11.4. The predicted octanol–water partition coefficient (Wildman–Crippen LogP) is 2.09. The highest BCUT2D eigenvalue weighted by molar-refractivity contribution is 6.35. The molecule has 106 valence electrons. The van der Waals surface area contributed by atoms with Crippen LogP contribution in [0.1, 0.15) is 12.5 Å². The first kappa shape index (κ1) is 14.6. The average molecular weight is 293 g/mol. The van der Waals surface area contributed by atoms with E-state index in [0.29, 0.717) is 31.2 Å². The molecule has 5 heteroatoms. The molecule has 0 unspecified atom stereocenters. The number of rotatable bonds is 4. The van der Waals surface area contributed by atoms with Crippen LogP contribution in [0.5, 0.6) is 0 Å². The third-order valence-electron chi connectivity index (χ3n) is 3.14. The van der Waals surface area contributed by atoms with Crippen molar-refractivity contribution in [3.63, 3.8) is 0 Å². The number of hydrogen-bond acceptors (Lipinski definition) is 2. The molecule has 1 aromatic rings. The summed E-state index contributed by atoms with van der Waals surface area (Å²) in [6.45, 7) is 7.58. The van der Waals surface area contributed by atoms with Crippen LogP contribution in [0.25, 0.3) is 0 Å². The van der Waals surface area contributed by atoms with Crippen molar-refractivity contribution in [2.24, 2.45) is 0 Å². The summed E-state index contributed by atoms with van der Waals surface area (Å²) >= 11 is 5.82. The van der Waals surface area contributed by atoms with Gasteiger partial charge in [-0.25, -0.2) is 0 Å². The van der Waals surface area contributed by atoms with Gasteiger partial charge in [-0.2, -0.15) is 0 Å². The van der Waals surface area contributed by atoms with Gasteiger partial charge in [0.05, 0.1) is 0 Å². The minimum Gasteiger partial charge on any atom is -0.329 e. The maximum Gasteiger partial charge on any atom is 0.312 e. The van der Waals surface area contributed by atoms with E-state index < -0.39 is 11.8 Å². The Bertz CT molecular complexity index is 539. The summed E-state index contributed by atoms with van der Waals surface area (Å²) in [6.07, 6.45) is 0. The van der Waals surface area contributed by atoms with Gasteiger partial charge in [-0.1, -0.05) is 35.9 Å². The number of carbonyl (C=O) groups is 2. The Morgan fingerprint density at radius 2 is 1.70 bits per heavy atom. The smallest absolute Gasteiger partial charge is 0.312 e. The molecule has 0 atom stereocenters. The van der Waals surface area contributed by atoms with Gasteiger partial charge in [-0.15, -0.1) is 0 Å². The zero-order chi connectivity index (χ0) is 14.7. The highest BCUT2D eigenvalue weighted by atomic mass is 35.5. The van der Waals surface area contributed by atoms with Crippen molar-refractivity contribution in [3.05, 3.63) is 47.0 Å². The van der Waals surface area contributed by atoms with E-state index in [0.717, 1.165) is 11.1 Å². The van der Waals surface area contributed by atoms with Crippen LogP contribution in [-0.4, -0.2) is 41.2 Å². The van der Waals surface area contributed by atoms with Gasteiger partial charge in [-0.05, 0) is 24.6 Å². The van der Waals surface area contributed by atoms with E-state index in [1.165, 1.54) is 0 Å². The van der Waals surface area contributed by atoms with Crippen LogP contribution in [0.4, 0.5) is 0 Å². The van der Waals surface area contributed by atoms with Crippen LogP contribution >= 0.6 is 11.6 Å². The second-order valence-electron chi connectivity index (χ2n) is 5.04. The van der Waals surface area contributed by atoms with Gasteiger partial charge >= 0.3 is 11.8 Å². The maximum absolute atomic E-state index is 12.1. The minimum atomic E-state index is -0.451. The fourth-order valence-corrected chi connectivity index (χ4v) is 2.28. The van der Waals surface area contributed by atoms with Crippen molar-refractivity contribution in [1.82, 2.24) is 9.80 Å². The van der Waals surface area contributed by atoms with Crippen LogP contribution in [0.2, 0.25) is 5.02 Å². The van der Waals surface area contributed by atoms with Crippen LogP contribution in [0.15, 0.2) is 36.4 Å². The fourth-order valence-electron chi connectivity index (χ4n) is 2.15. The quantitative estimate of drug-likeness (QED) is 0.630. The summed E-state index contributed by atoms with van der Waals surface area (Å²) in [5.74, 6) is -0.902. The van der Waals surface area contributed by atoms with Gasteiger partial charge in [-0.3, -0.25) is 9.59 Å². The van der Waals surface area contributed by atoms with E-state index >= 15 is 0 Å². The van der Waals surface area contributed by atoms with Gasteiger partial charge < -0.3 is 9.80 Å². The molecule has 0 bridgehead atoms. The second-order valence-corrected chi connectivity index (χ2v) is 5.47. The van der Waals surface area contributed by atoms with Gasteiger partial charge in [0.2, 0.25) is 0 Å². The number of piperazine rings is 1. The second kappa shape index (κ2) is 6.09.